The van der Waals surface area contributed by atoms with Gasteiger partial charge in [0, 0.05) is 13.6 Å². The molecule has 0 aliphatic carbocycles. The zero-order valence-corrected chi connectivity index (χ0v) is 12.9. The van der Waals surface area contributed by atoms with Gasteiger partial charge in [0.1, 0.15) is 0 Å². The van der Waals surface area contributed by atoms with Crippen LogP contribution in [0, 0.1) is 11.6 Å². The molecule has 2 aromatic rings. The number of hydrogen-bond acceptors (Lipinski definition) is 5. The Balaban J connectivity index is 1.90. The number of nitrogens with zero attached hydrogens (tertiary/aromatic N) is 3. The topological polar surface area (TPSA) is 78.4 Å². The van der Waals surface area contributed by atoms with Crippen LogP contribution in [0.2, 0.25) is 0 Å². The van der Waals surface area contributed by atoms with E-state index in [0.717, 1.165) is 12.1 Å². The number of carbonyl (C=O) groups is 1. The van der Waals surface area contributed by atoms with Crippen LogP contribution in [-0.4, -0.2) is 40.9 Å². The average molecular weight is 334 g/mol. The average Bonchev–Trinajstić information content (AvgIpc) is 2.98. The Bertz CT molecular complexity index is 754. The fourth-order valence-corrected chi connectivity index (χ4v) is 2.83. The zero-order valence-electron chi connectivity index (χ0n) is 12.9. The minimum atomic E-state index is -0.935. The molecule has 0 spiro atoms. The van der Waals surface area contributed by atoms with E-state index < -0.39 is 17.7 Å². The third kappa shape index (κ3) is 3.05. The molecule has 24 heavy (non-hydrogen) atoms. The van der Waals surface area contributed by atoms with Crippen LogP contribution < -0.4 is 10.2 Å². The fourth-order valence-electron chi connectivity index (χ4n) is 2.83. The number of anilines is 1. The molecule has 0 radical (unpaired) electrons. The van der Waals surface area contributed by atoms with Crippen LogP contribution >= 0.6 is 0 Å². The van der Waals surface area contributed by atoms with Crippen LogP contribution in [-0.2, 0) is 0 Å². The Morgan fingerprint density at radius 2 is 2.04 bits per heavy atom. The second-order valence-electron chi connectivity index (χ2n) is 5.59. The van der Waals surface area contributed by atoms with E-state index >= 15 is 0 Å². The van der Waals surface area contributed by atoms with E-state index in [1.165, 1.54) is 19.2 Å². The molecule has 0 unspecified atom stereocenters. The summed E-state index contributed by atoms with van der Waals surface area (Å²) >= 11 is 0. The molecule has 1 amide bonds. The number of amides is 1. The second kappa shape index (κ2) is 6.48. The van der Waals surface area contributed by atoms with Crippen LogP contribution in [0.5, 0.6) is 0 Å². The van der Waals surface area contributed by atoms with E-state index in [4.69, 9.17) is 0 Å². The van der Waals surface area contributed by atoms with Gasteiger partial charge in [-0.1, -0.05) is 6.07 Å². The number of halogens is 2. The fraction of sp³-hybridized carbons (Fsp3) is 0.312. The monoisotopic (exact) mass is 334 g/mol. The summed E-state index contributed by atoms with van der Waals surface area (Å²) < 4.78 is 26.6. The zero-order chi connectivity index (χ0) is 17.3. The number of rotatable bonds is 3. The van der Waals surface area contributed by atoms with Gasteiger partial charge in [-0.15, -0.1) is 10.2 Å². The summed E-state index contributed by atoms with van der Waals surface area (Å²) in [4.78, 5) is 13.3. The summed E-state index contributed by atoms with van der Waals surface area (Å²) in [5.74, 6) is -1.75. The minimum absolute atomic E-state index is 0.172. The van der Waals surface area contributed by atoms with Crippen molar-refractivity contribution in [3.63, 3.8) is 0 Å². The molecule has 126 valence electrons. The molecule has 2 heterocycles. The van der Waals surface area contributed by atoms with E-state index in [-0.39, 0.29) is 24.2 Å². The van der Waals surface area contributed by atoms with Crippen molar-refractivity contribution in [3.05, 3.63) is 53.2 Å². The first kappa shape index (κ1) is 16.3. The first-order chi connectivity index (χ1) is 11.5. The maximum atomic E-state index is 13.5. The number of aromatic nitrogens is 2. The third-order valence-corrected chi connectivity index (χ3v) is 4.01. The van der Waals surface area contributed by atoms with Crippen LogP contribution in [0.1, 0.15) is 28.5 Å². The number of aliphatic hydroxyl groups is 1. The van der Waals surface area contributed by atoms with E-state index in [1.54, 1.807) is 11.0 Å². The quantitative estimate of drug-likeness (QED) is 0.888. The van der Waals surface area contributed by atoms with Crippen LogP contribution in [0.4, 0.5) is 14.6 Å². The Morgan fingerprint density at radius 1 is 1.25 bits per heavy atom. The standard InChI is InChI=1S/C16H16F2N4O2/c1-19-16(24)13-4-5-15(21-20-13)22-8-10(23)7-14(22)9-2-3-11(17)12(18)6-9/h2-6,10,14,23H,7-8H2,1H3,(H,19,24)/t10-,14+/m0/s1. The number of nitrogens with one attached hydrogen (secondary N) is 1. The highest BCUT2D eigenvalue weighted by molar-refractivity contribution is 5.91. The summed E-state index contributed by atoms with van der Waals surface area (Å²) in [6, 6.07) is 6.46. The lowest BCUT2D eigenvalue weighted by atomic mass is 10.0. The number of β-amino-alcohol motifs (C(OH)–C–C–N with tert-alkyl or cyclic N) is 1. The number of aliphatic hydroxyl groups excluding tert-OH is 1. The van der Waals surface area contributed by atoms with Gasteiger partial charge < -0.3 is 15.3 Å². The summed E-state index contributed by atoms with van der Waals surface area (Å²) in [6.07, 6.45) is -0.257. The predicted molar refractivity (Wildman–Crippen MR) is 82.5 cm³/mol. The molecule has 1 aromatic carbocycles. The lowest BCUT2D eigenvalue weighted by molar-refractivity contribution is 0.0957. The highest BCUT2D eigenvalue weighted by Crippen LogP contribution is 2.35. The first-order valence-corrected chi connectivity index (χ1v) is 7.45. The van der Waals surface area contributed by atoms with Gasteiger partial charge in [0.05, 0.1) is 12.1 Å². The Kier molecular flexibility index (Phi) is 4.39. The van der Waals surface area contributed by atoms with Crippen LogP contribution in [0.25, 0.3) is 0 Å². The summed E-state index contributed by atoms with van der Waals surface area (Å²) in [7, 11) is 1.49. The maximum Gasteiger partial charge on any atom is 0.271 e. The van der Waals surface area contributed by atoms with Gasteiger partial charge in [0.2, 0.25) is 0 Å². The molecule has 3 rings (SSSR count). The molecule has 1 aliphatic rings. The summed E-state index contributed by atoms with van der Waals surface area (Å²) in [5.41, 5.74) is 0.716. The van der Waals surface area contributed by atoms with E-state index in [9.17, 15) is 18.7 Å². The number of hydrogen-bond donors (Lipinski definition) is 2. The van der Waals surface area contributed by atoms with E-state index in [0.29, 0.717) is 17.8 Å². The number of benzene rings is 1. The lowest BCUT2D eigenvalue weighted by Crippen LogP contribution is -2.26. The van der Waals surface area contributed by atoms with Gasteiger partial charge in [-0.2, -0.15) is 0 Å². The van der Waals surface area contributed by atoms with E-state index in [2.05, 4.69) is 15.5 Å². The molecule has 0 saturated carbocycles. The van der Waals surface area contributed by atoms with Crippen LogP contribution in [0.3, 0.4) is 0 Å². The highest BCUT2D eigenvalue weighted by Gasteiger charge is 2.33. The van der Waals surface area contributed by atoms with Gasteiger partial charge in [-0.05, 0) is 36.2 Å². The SMILES string of the molecule is CNC(=O)c1ccc(N2C[C@@H](O)C[C@@H]2c2ccc(F)c(F)c2)nn1. The summed E-state index contributed by atoms with van der Waals surface area (Å²) in [6.45, 7) is 0.289. The van der Waals surface area contributed by atoms with Gasteiger partial charge in [0.15, 0.2) is 23.1 Å². The maximum absolute atomic E-state index is 13.5. The second-order valence-corrected chi connectivity index (χ2v) is 5.59. The van der Waals surface area contributed by atoms with Gasteiger partial charge >= 0.3 is 0 Å². The van der Waals surface area contributed by atoms with Crippen molar-refractivity contribution in [3.8, 4) is 0 Å². The molecular weight excluding hydrogens is 318 g/mol. The molecule has 6 nitrogen and oxygen atoms in total. The van der Waals surface area contributed by atoms with Crippen molar-refractivity contribution in [2.75, 3.05) is 18.5 Å². The van der Waals surface area contributed by atoms with Crippen molar-refractivity contribution in [2.45, 2.75) is 18.6 Å². The van der Waals surface area contributed by atoms with Crippen molar-refractivity contribution in [1.29, 1.82) is 0 Å². The van der Waals surface area contributed by atoms with Gasteiger partial charge in [0.25, 0.3) is 5.91 Å². The lowest BCUT2D eigenvalue weighted by Gasteiger charge is -2.25. The molecule has 2 atom stereocenters. The summed E-state index contributed by atoms with van der Waals surface area (Å²) in [5, 5.41) is 20.3. The Hall–Kier alpha value is -2.61. The highest BCUT2D eigenvalue weighted by atomic mass is 19.2. The molecule has 8 heteroatoms. The smallest absolute Gasteiger partial charge is 0.271 e. The van der Waals surface area contributed by atoms with Gasteiger partial charge in [-0.3, -0.25) is 4.79 Å². The molecule has 1 aromatic heterocycles. The molecule has 2 N–H and O–H groups in total. The van der Waals surface area contributed by atoms with Crippen LogP contribution in [0.15, 0.2) is 30.3 Å². The molecule has 1 saturated heterocycles. The largest absolute Gasteiger partial charge is 0.391 e. The van der Waals surface area contributed by atoms with E-state index in [1.807, 2.05) is 0 Å². The minimum Gasteiger partial charge on any atom is -0.391 e. The normalized spacial score (nSPS) is 20.2. The first-order valence-electron chi connectivity index (χ1n) is 7.45. The van der Waals surface area contributed by atoms with Crippen molar-refractivity contribution < 1.29 is 18.7 Å². The number of carbonyl (C=O) groups excluding carboxylic acids is 1. The molecule has 1 aliphatic heterocycles. The Morgan fingerprint density at radius 3 is 2.67 bits per heavy atom. The predicted octanol–water partition coefficient (Wildman–Crippen LogP) is 1.43. The molecular formula is C16H16F2N4O2. The molecule has 1 fully saturated rings. The molecule has 0 bridgehead atoms. The van der Waals surface area contributed by atoms with Crippen molar-refractivity contribution in [1.82, 2.24) is 15.5 Å². The van der Waals surface area contributed by atoms with Gasteiger partial charge in [-0.25, -0.2) is 8.78 Å². The third-order valence-electron chi connectivity index (χ3n) is 4.01. The van der Waals surface area contributed by atoms with Crippen molar-refractivity contribution >= 4 is 11.7 Å². The Labute approximate surface area is 137 Å². The van der Waals surface area contributed by atoms with Crippen molar-refractivity contribution in [2.24, 2.45) is 0 Å².